The molecule has 0 atom stereocenters. The molecule has 1 aromatic heterocycles. The summed E-state index contributed by atoms with van der Waals surface area (Å²) in [6.07, 6.45) is 1.81. The number of carbonyl (C=O) groups excluding carboxylic acids is 1. The van der Waals surface area contributed by atoms with Crippen molar-refractivity contribution >= 4 is 16.9 Å². The van der Waals surface area contributed by atoms with Gasteiger partial charge in [-0.05, 0) is 50.1 Å². The van der Waals surface area contributed by atoms with Crippen LogP contribution in [0.4, 0.5) is 0 Å². The zero-order valence-corrected chi connectivity index (χ0v) is 17.4. The Balaban J connectivity index is 1.65. The number of fused-ring (bicyclic) bond motifs is 1. The monoisotopic (exact) mass is 395 g/mol. The van der Waals surface area contributed by atoms with Crippen molar-refractivity contribution in [1.29, 1.82) is 0 Å². The lowest BCUT2D eigenvalue weighted by Gasteiger charge is -2.14. The van der Waals surface area contributed by atoms with Crippen LogP contribution in [0.15, 0.2) is 42.5 Å². The highest BCUT2D eigenvalue weighted by molar-refractivity contribution is 5.94. The number of carbonyl (C=O) groups is 1. The number of nitrogens with zero attached hydrogens (tertiary/aromatic N) is 2. The molecule has 3 aromatic rings. The van der Waals surface area contributed by atoms with Crippen LogP contribution in [0.25, 0.3) is 11.0 Å². The minimum atomic E-state index is -0.129. The molecule has 29 heavy (non-hydrogen) atoms. The number of amides is 1. The van der Waals surface area contributed by atoms with E-state index in [-0.39, 0.29) is 5.91 Å². The van der Waals surface area contributed by atoms with Crippen molar-refractivity contribution < 1.29 is 14.3 Å². The first-order valence-corrected chi connectivity index (χ1v) is 10.2. The first kappa shape index (κ1) is 20.7. The minimum absolute atomic E-state index is 0.129. The zero-order valence-electron chi connectivity index (χ0n) is 17.4. The SMILES string of the molecule is CCCOc1ccc(C(=O)NCCn2c(C)nc3ccccc32)cc1OCCC. The van der Waals surface area contributed by atoms with Crippen LogP contribution < -0.4 is 14.8 Å². The fourth-order valence-electron chi connectivity index (χ4n) is 3.17. The number of aryl methyl sites for hydroxylation is 1. The molecule has 154 valence electrons. The quantitative estimate of drug-likeness (QED) is 0.554. The van der Waals surface area contributed by atoms with Gasteiger partial charge in [0.2, 0.25) is 0 Å². The second kappa shape index (κ2) is 9.96. The third kappa shape index (κ3) is 5.08. The summed E-state index contributed by atoms with van der Waals surface area (Å²) in [6, 6.07) is 13.4. The van der Waals surface area contributed by atoms with E-state index in [1.54, 1.807) is 12.1 Å². The van der Waals surface area contributed by atoms with Crippen LogP contribution in [-0.4, -0.2) is 35.2 Å². The van der Waals surface area contributed by atoms with Crippen molar-refractivity contribution in [3.8, 4) is 11.5 Å². The fourth-order valence-corrected chi connectivity index (χ4v) is 3.17. The number of hydrogen-bond acceptors (Lipinski definition) is 4. The maximum Gasteiger partial charge on any atom is 0.251 e. The van der Waals surface area contributed by atoms with Gasteiger partial charge in [0, 0.05) is 18.7 Å². The Morgan fingerprint density at radius 1 is 1.03 bits per heavy atom. The molecule has 0 aliphatic rings. The van der Waals surface area contributed by atoms with Gasteiger partial charge in [-0.2, -0.15) is 0 Å². The standard InChI is InChI=1S/C23H29N3O3/c1-4-14-28-21-11-10-18(16-22(21)29-15-5-2)23(27)24-12-13-26-17(3)25-19-8-6-7-9-20(19)26/h6-11,16H,4-5,12-15H2,1-3H3,(H,24,27). The van der Waals surface area contributed by atoms with Crippen molar-refractivity contribution in [2.45, 2.75) is 40.2 Å². The topological polar surface area (TPSA) is 65.4 Å². The highest BCUT2D eigenvalue weighted by Gasteiger charge is 2.12. The van der Waals surface area contributed by atoms with Crippen LogP contribution in [0.2, 0.25) is 0 Å². The number of ether oxygens (including phenoxy) is 2. The second-order valence-corrected chi connectivity index (χ2v) is 6.91. The molecule has 0 spiro atoms. The van der Waals surface area contributed by atoms with Gasteiger partial charge in [0.1, 0.15) is 5.82 Å². The molecule has 0 saturated carbocycles. The summed E-state index contributed by atoms with van der Waals surface area (Å²) in [6.45, 7) is 8.46. The number of benzene rings is 2. The van der Waals surface area contributed by atoms with E-state index in [4.69, 9.17) is 9.47 Å². The van der Waals surface area contributed by atoms with E-state index in [1.165, 1.54) is 0 Å². The summed E-state index contributed by atoms with van der Waals surface area (Å²) in [4.78, 5) is 17.2. The van der Waals surface area contributed by atoms with Crippen LogP contribution >= 0.6 is 0 Å². The molecule has 0 bridgehead atoms. The molecule has 1 heterocycles. The van der Waals surface area contributed by atoms with Gasteiger partial charge >= 0.3 is 0 Å². The van der Waals surface area contributed by atoms with E-state index in [1.807, 2.05) is 44.2 Å². The smallest absolute Gasteiger partial charge is 0.251 e. The lowest BCUT2D eigenvalue weighted by atomic mass is 10.2. The van der Waals surface area contributed by atoms with E-state index in [0.29, 0.717) is 43.4 Å². The van der Waals surface area contributed by atoms with Gasteiger partial charge in [-0.25, -0.2) is 4.98 Å². The number of rotatable bonds is 10. The predicted molar refractivity (Wildman–Crippen MR) is 115 cm³/mol. The number of aromatic nitrogens is 2. The maximum absolute atomic E-state index is 12.6. The van der Waals surface area contributed by atoms with Crippen LogP contribution in [0, 0.1) is 6.92 Å². The molecule has 0 unspecified atom stereocenters. The van der Waals surface area contributed by atoms with Crippen molar-refractivity contribution in [2.24, 2.45) is 0 Å². The number of imidazole rings is 1. The first-order valence-electron chi connectivity index (χ1n) is 10.2. The first-order chi connectivity index (χ1) is 14.1. The summed E-state index contributed by atoms with van der Waals surface area (Å²) < 4.78 is 13.6. The highest BCUT2D eigenvalue weighted by atomic mass is 16.5. The normalized spacial score (nSPS) is 10.9. The van der Waals surface area contributed by atoms with Gasteiger partial charge in [0.25, 0.3) is 5.91 Å². The van der Waals surface area contributed by atoms with E-state index < -0.39 is 0 Å². The molecule has 1 amide bonds. The fraction of sp³-hybridized carbons (Fsp3) is 0.391. The molecule has 2 aromatic carbocycles. The maximum atomic E-state index is 12.6. The Morgan fingerprint density at radius 2 is 1.76 bits per heavy atom. The van der Waals surface area contributed by atoms with E-state index in [2.05, 4.69) is 21.8 Å². The van der Waals surface area contributed by atoms with Gasteiger partial charge < -0.3 is 19.4 Å². The lowest BCUT2D eigenvalue weighted by Crippen LogP contribution is -2.27. The average molecular weight is 396 g/mol. The van der Waals surface area contributed by atoms with Crippen LogP contribution in [0.3, 0.4) is 0 Å². The largest absolute Gasteiger partial charge is 0.490 e. The molecule has 6 nitrogen and oxygen atoms in total. The second-order valence-electron chi connectivity index (χ2n) is 6.91. The lowest BCUT2D eigenvalue weighted by molar-refractivity contribution is 0.0951. The third-order valence-corrected chi connectivity index (χ3v) is 4.60. The van der Waals surface area contributed by atoms with Gasteiger partial charge in [0.15, 0.2) is 11.5 Å². The molecule has 3 rings (SSSR count). The third-order valence-electron chi connectivity index (χ3n) is 4.60. The van der Waals surface area contributed by atoms with E-state index in [9.17, 15) is 4.79 Å². The van der Waals surface area contributed by atoms with Crippen molar-refractivity contribution in [2.75, 3.05) is 19.8 Å². The molecule has 0 radical (unpaired) electrons. The van der Waals surface area contributed by atoms with Crippen LogP contribution in [0.5, 0.6) is 11.5 Å². The summed E-state index contributed by atoms with van der Waals surface area (Å²) in [5.74, 6) is 2.10. The van der Waals surface area contributed by atoms with Gasteiger partial charge in [-0.3, -0.25) is 4.79 Å². The summed E-state index contributed by atoms with van der Waals surface area (Å²) in [5, 5.41) is 2.99. The Hall–Kier alpha value is -3.02. The van der Waals surface area contributed by atoms with Gasteiger partial charge in [-0.1, -0.05) is 26.0 Å². The van der Waals surface area contributed by atoms with Crippen LogP contribution in [0.1, 0.15) is 42.9 Å². The molecule has 0 aliphatic carbocycles. The molecule has 1 N–H and O–H groups in total. The van der Waals surface area contributed by atoms with Crippen LogP contribution in [-0.2, 0) is 6.54 Å². The Morgan fingerprint density at radius 3 is 2.52 bits per heavy atom. The highest BCUT2D eigenvalue weighted by Crippen LogP contribution is 2.29. The number of para-hydroxylation sites is 2. The Labute approximate surface area is 171 Å². The molecular formula is C23H29N3O3. The van der Waals surface area contributed by atoms with Crippen molar-refractivity contribution in [3.63, 3.8) is 0 Å². The van der Waals surface area contributed by atoms with E-state index >= 15 is 0 Å². The predicted octanol–water partition coefficient (Wildman–Crippen LogP) is 4.35. The summed E-state index contributed by atoms with van der Waals surface area (Å²) >= 11 is 0. The van der Waals surface area contributed by atoms with E-state index in [0.717, 1.165) is 29.7 Å². The molecule has 0 aliphatic heterocycles. The van der Waals surface area contributed by atoms with Crippen molar-refractivity contribution in [3.05, 3.63) is 53.9 Å². The average Bonchev–Trinajstić information content (AvgIpc) is 3.06. The Bertz CT molecular complexity index is 965. The van der Waals surface area contributed by atoms with Gasteiger partial charge in [0.05, 0.1) is 24.2 Å². The Kier molecular flexibility index (Phi) is 7.11. The zero-order chi connectivity index (χ0) is 20.6. The summed E-state index contributed by atoms with van der Waals surface area (Å²) in [7, 11) is 0. The summed E-state index contributed by atoms with van der Waals surface area (Å²) in [5.41, 5.74) is 2.61. The molecular weight excluding hydrogens is 366 g/mol. The molecule has 6 heteroatoms. The molecule has 0 saturated heterocycles. The minimum Gasteiger partial charge on any atom is -0.490 e. The van der Waals surface area contributed by atoms with Crippen molar-refractivity contribution in [1.82, 2.24) is 14.9 Å². The number of hydrogen-bond donors (Lipinski definition) is 1. The molecule has 0 fully saturated rings. The van der Waals surface area contributed by atoms with Gasteiger partial charge in [-0.15, -0.1) is 0 Å². The number of nitrogens with one attached hydrogen (secondary N) is 1.